The van der Waals surface area contributed by atoms with Crippen LogP contribution < -0.4 is 5.32 Å². The van der Waals surface area contributed by atoms with E-state index in [0.29, 0.717) is 5.95 Å². The van der Waals surface area contributed by atoms with Gasteiger partial charge in [-0.05, 0) is 27.7 Å². The Hall–Kier alpha value is -1.15. The second-order valence-corrected chi connectivity index (χ2v) is 4.68. The molecule has 0 fully saturated rings. The Morgan fingerprint density at radius 1 is 1.44 bits per heavy atom. The van der Waals surface area contributed by atoms with Crippen molar-refractivity contribution >= 4 is 33.6 Å². The molecule has 0 spiro atoms. The predicted molar refractivity (Wildman–Crippen MR) is 64.4 cm³/mol. The maximum Gasteiger partial charge on any atom is 0.223 e. The molecule has 8 heteroatoms. The van der Waals surface area contributed by atoms with Crippen LogP contribution in [0.4, 0.5) is 5.95 Å². The molecule has 2 rings (SSSR count). The van der Waals surface area contributed by atoms with Gasteiger partial charge in [0.2, 0.25) is 5.95 Å². The first-order valence-electron chi connectivity index (χ1n) is 4.43. The highest BCUT2D eigenvalue weighted by atomic mass is 79.9. The lowest BCUT2D eigenvalue weighted by atomic mass is 10.7. The Bertz CT molecular complexity index is 499. The number of halogens is 1. The molecule has 0 aromatic carbocycles. The first-order valence-corrected chi connectivity index (χ1v) is 6.04. The van der Waals surface area contributed by atoms with Gasteiger partial charge in [0.25, 0.3) is 0 Å². The van der Waals surface area contributed by atoms with Crippen LogP contribution in [0.1, 0.15) is 0 Å². The van der Waals surface area contributed by atoms with Gasteiger partial charge in [0.1, 0.15) is 11.4 Å². The predicted octanol–water partition coefficient (Wildman–Crippen LogP) is 1.56. The molecule has 0 aliphatic heterocycles. The van der Waals surface area contributed by atoms with Crippen LogP contribution in [0, 0.1) is 0 Å². The highest BCUT2D eigenvalue weighted by molar-refractivity contribution is 9.10. The van der Waals surface area contributed by atoms with E-state index in [-0.39, 0.29) is 0 Å². The van der Waals surface area contributed by atoms with Crippen LogP contribution in [-0.4, -0.2) is 31.8 Å². The van der Waals surface area contributed by atoms with E-state index in [1.54, 1.807) is 17.9 Å². The molecule has 0 aliphatic rings. The molecule has 6 nitrogen and oxygen atoms in total. The summed E-state index contributed by atoms with van der Waals surface area (Å²) in [6.45, 7) is 0. The number of hydrogen-bond acceptors (Lipinski definition) is 6. The van der Waals surface area contributed by atoms with Gasteiger partial charge in [-0.1, -0.05) is 0 Å². The lowest BCUT2D eigenvalue weighted by Gasteiger charge is -2.04. The number of nitrogens with one attached hydrogen (secondary N) is 1. The van der Waals surface area contributed by atoms with Gasteiger partial charge in [0.15, 0.2) is 5.16 Å². The van der Waals surface area contributed by atoms with Gasteiger partial charge in [-0.15, -0.1) is 0 Å². The third-order valence-electron chi connectivity index (χ3n) is 1.79. The fourth-order valence-corrected chi connectivity index (χ4v) is 2.18. The van der Waals surface area contributed by atoms with Gasteiger partial charge in [0, 0.05) is 20.3 Å². The van der Waals surface area contributed by atoms with Crippen LogP contribution in [0.25, 0.3) is 0 Å². The zero-order valence-electron chi connectivity index (χ0n) is 8.68. The van der Waals surface area contributed by atoms with Crippen molar-refractivity contribution in [2.75, 3.05) is 12.4 Å². The molecule has 0 amide bonds. The highest BCUT2D eigenvalue weighted by Crippen LogP contribution is 2.30. The van der Waals surface area contributed by atoms with Crippen molar-refractivity contribution in [3.8, 4) is 0 Å². The van der Waals surface area contributed by atoms with Gasteiger partial charge in [-0.3, -0.25) is 0 Å². The van der Waals surface area contributed by atoms with Crippen LogP contribution in [0.2, 0.25) is 0 Å². The molecule has 2 aromatic heterocycles. The van der Waals surface area contributed by atoms with E-state index in [0.717, 1.165) is 14.7 Å². The summed E-state index contributed by atoms with van der Waals surface area (Å²) in [5.74, 6) is 0.577. The van der Waals surface area contributed by atoms with Crippen molar-refractivity contribution < 1.29 is 0 Å². The van der Waals surface area contributed by atoms with E-state index >= 15 is 0 Å². The Morgan fingerprint density at radius 3 is 2.88 bits per heavy atom. The first kappa shape index (κ1) is 11.3. The van der Waals surface area contributed by atoms with E-state index in [1.165, 1.54) is 18.1 Å². The molecule has 0 radical (unpaired) electrons. The van der Waals surface area contributed by atoms with Crippen LogP contribution >= 0.6 is 27.7 Å². The maximum atomic E-state index is 4.32. The van der Waals surface area contributed by atoms with E-state index in [2.05, 4.69) is 41.3 Å². The lowest BCUT2D eigenvalue weighted by Crippen LogP contribution is -1.98. The maximum absolute atomic E-state index is 4.32. The van der Waals surface area contributed by atoms with Crippen LogP contribution in [0.3, 0.4) is 0 Å². The Balaban J connectivity index is 2.30. The Kier molecular flexibility index (Phi) is 3.39. The molecule has 0 saturated carbocycles. The van der Waals surface area contributed by atoms with Crippen molar-refractivity contribution in [2.45, 2.75) is 10.2 Å². The standard InChI is InChI=1S/C8H9BrN6S/c1-10-7-11-3-5(9)6(14-7)16-8-12-4-13-15(8)2/h3-4H,1-2H3,(H,10,11,14). The minimum atomic E-state index is 0.577. The van der Waals surface area contributed by atoms with Crippen molar-refractivity contribution in [1.29, 1.82) is 0 Å². The van der Waals surface area contributed by atoms with Gasteiger partial charge >= 0.3 is 0 Å². The molecule has 1 N–H and O–H groups in total. The summed E-state index contributed by atoms with van der Waals surface area (Å²) >= 11 is 4.83. The number of nitrogens with zero attached hydrogens (tertiary/aromatic N) is 5. The summed E-state index contributed by atoms with van der Waals surface area (Å²) in [6, 6.07) is 0. The summed E-state index contributed by atoms with van der Waals surface area (Å²) < 4.78 is 2.53. The minimum Gasteiger partial charge on any atom is -0.357 e. The summed E-state index contributed by atoms with van der Waals surface area (Å²) in [7, 11) is 3.61. The van der Waals surface area contributed by atoms with Gasteiger partial charge in [-0.25, -0.2) is 19.6 Å². The SMILES string of the molecule is CNc1ncc(Br)c(Sc2ncnn2C)n1. The van der Waals surface area contributed by atoms with E-state index in [4.69, 9.17) is 0 Å². The molecule has 0 unspecified atom stereocenters. The van der Waals surface area contributed by atoms with E-state index in [1.807, 2.05) is 7.05 Å². The summed E-state index contributed by atoms with van der Waals surface area (Å²) in [5.41, 5.74) is 0. The van der Waals surface area contributed by atoms with Crippen molar-refractivity contribution in [2.24, 2.45) is 7.05 Å². The second-order valence-electron chi connectivity index (χ2n) is 2.86. The van der Waals surface area contributed by atoms with E-state index in [9.17, 15) is 0 Å². The lowest BCUT2D eigenvalue weighted by molar-refractivity contribution is 0.684. The van der Waals surface area contributed by atoms with Gasteiger partial charge < -0.3 is 5.32 Å². The Labute approximate surface area is 105 Å². The summed E-state index contributed by atoms with van der Waals surface area (Å²) in [4.78, 5) is 12.5. The summed E-state index contributed by atoms with van der Waals surface area (Å²) in [6.07, 6.45) is 3.22. The van der Waals surface area contributed by atoms with Crippen molar-refractivity contribution in [3.63, 3.8) is 0 Å². The topological polar surface area (TPSA) is 68.5 Å². The second kappa shape index (κ2) is 4.79. The average Bonchev–Trinajstić information content (AvgIpc) is 2.68. The first-order chi connectivity index (χ1) is 7.70. The normalized spacial score (nSPS) is 10.4. The fourth-order valence-electron chi connectivity index (χ4n) is 1.01. The van der Waals surface area contributed by atoms with Crippen molar-refractivity contribution in [3.05, 3.63) is 17.0 Å². The number of anilines is 1. The molecule has 0 atom stereocenters. The molecular weight excluding hydrogens is 292 g/mol. The number of rotatable bonds is 3. The largest absolute Gasteiger partial charge is 0.357 e. The third kappa shape index (κ3) is 2.33. The van der Waals surface area contributed by atoms with Crippen LogP contribution in [0.5, 0.6) is 0 Å². The van der Waals surface area contributed by atoms with Crippen LogP contribution in [0.15, 0.2) is 27.2 Å². The highest BCUT2D eigenvalue weighted by Gasteiger charge is 2.09. The molecular formula is C8H9BrN6S. The number of hydrogen-bond donors (Lipinski definition) is 1. The quantitative estimate of drug-likeness (QED) is 0.868. The number of aryl methyl sites for hydroxylation is 1. The Morgan fingerprint density at radius 2 is 2.25 bits per heavy atom. The fraction of sp³-hybridized carbons (Fsp3) is 0.250. The van der Waals surface area contributed by atoms with Gasteiger partial charge in [-0.2, -0.15) is 5.10 Å². The third-order valence-corrected chi connectivity index (χ3v) is 3.69. The zero-order valence-corrected chi connectivity index (χ0v) is 11.1. The monoisotopic (exact) mass is 300 g/mol. The van der Waals surface area contributed by atoms with Crippen LogP contribution in [-0.2, 0) is 7.05 Å². The number of aromatic nitrogens is 5. The molecule has 0 saturated heterocycles. The molecule has 2 heterocycles. The molecule has 2 aromatic rings. The minimum absolute atomic E-state index is 0.577. The average molecular weight is 301 g/mol. The zero-order chi connectivity index (χ0) is 11.5. The molecule has 0 aliphatic carbocycles. The summed E-state index contributed by atoms with van der Waals surface area (Å²) in [5, 5.41) is 8.47. The smallest absolute Gasteiger partial charge is 0.223 e. The molecule has 16 heavy (non-hydrogen) atoms. The van der Waals surface area contributed by atoms with Gasteiger partial charge in [0.05, 0.1) is 4.47 Å². The molecule has 0 bridgehead atoms. The van der Waals surface area contributed by atoms with E-state index < -0.39 is 0 Å². The van der Waals surface area contributed by atoms with Crippen molar-refractivity contribution in [1.82, 2.24) is 24.7 Å². The molecule has 84 valence electrons.